The molecule has 1 heterocycles. The van der Waals surface area contributed by atoms with E-state index in [2.05, 4.69) is 54.5 Å². The van der Waals surface area contributed by atoms with E-state index in [0.717, 1.165) is 57.8 Å². The van der Waals surface area contributed by atoms with Crippen LogP contribution >= 0.6 is 0 Å². The van der Waals surface area contributed by atoms with Crippen molar-refractivity contribution in [2.45, 2.75) is 143 Å². The van der Waals surface area contributed by atoms with Gasteiger partial charge in [-0.2, -0.15) is 0 Å². The molecule has 1 saturated heterocycles. The van der Waals surface area contributed by atoms with Gasteiger partial charge >= 0.3 is 5.97 Å². The van der Waals surface area contributed by atoms with Crippen LogP contribution in [0.2, 0.25) is 0 Å². The van der Waals surface area contributed by atoms with Crippen LogP contribution in [0.5, 0.6) is 0 Å². The molecule has 0 radical (unpaired) electrons. The lowest BCUT2D eigenvalue weighted by atomic mass is 9.33. The molecular formula is C37H58O8. The first-order valence-electron chi connectivity index (χ1n) is 17.7. The summed E-state index contributed by atoms with van der Waals surface area (Å²) < 4.78 is 10.8. The fourth-order valence-electron chi connectivity index (χ4n) is 12.9. The second-order valence-electron chi connectivity index (χ2n) is 17.6. The van der Waals surface area contributed by atoms with Gasteiger partial charge in [-0.1, -0.05) is 60.1 Å². The number of carbonyl (C=O) groups is 2. The highest BCUT2D eigenvalue weighted by molar-refractivity contribution is 5.76. The molecule has 8 nitrogen and oxygen atoms in total. The molecule has 5 fully saturated rings. The van der Waals surface area contributed by atoms with Crippen molar-refractivity contribution in [3.05, 3.63) is 11.6 Å². The van der Waals surface area contributed by atoms with Crippen LogP contribution in [0.15, 0.2) is 11.6 Å². The SMILES string of the molecule is C[C@@H]1CC[C@]2(C(=O)O)CC[C@]3(C)C(=CCC4[C@@]5(C)CC[C@@H](C[C@@H]6OC(OC=O)[C@@H](O)[C@H](O)C6O)C(C)(C)C5CC[C@]43C)C2[C@H]1C. The zero-order valence-corrected chi connectivity index (χ0v) is 28.5. The van der Waals surface area contributed by atoms with Crippen LogP contribution in [-0.2, 0) is 19.1 Å². The Balaban J connectivity index is 1.29. The maximum Gasteiger partial charge on any atom is 0.310 e. The lowest BCUT2D eigenvalue weighted by molar-refractivity contribution is -0.290. The molecule has 15 atom stereocenters. The first kappa shape index (κ1) is 33.4. The number of carbonyl (C=O) groups excluding carboxylic acids is 1. The Kier molecular flexibility index (Phi) is 8.19. The Morgan fingerprint density at radius 1 is 0.933 bits per heavy atom. The number of aliphatic hydroxyl groups excluding tert-OH is 3. The van der Waals surface area contributed by atoms with Crippen molar-refractivity contribution in [1.82, 2.24) is 0 Å². The summed E-state index contributed by atoms with van der Waals surface area (Å²) in [6, 6.07) is 0. The van der Waals surface area contributed by atoms with Gasteiger partial charge in [0.2, 0.25) is 6.29 Å². The molecule has 0 amide bonds. The monoisotopic (exact) mass is 630 g/mol. The summed E-state index contributed by atoms with van der Waals surface area (Å²) in [6.07, 6.45) is 5.53. The van der Waals surface area contributed by atoms with Crippen molar-refractivity contribution in [2.24, 2.45) is 62.6 Å². The molecule has 0 aromatic heterocycles. The number of fused-ring (bicyclic) bond motifs is 7. The number of allylic oxidation sites excluding steroid dienone is 2. The topological polar surface area (TPSA) is 134 Å². The van der Waals surface area contributed by atoms with Gasteiger partial charge in [0.05, 0.1) is 11.5 Å². The van der Waals surface area contributed by atoms with Gasteiger partial charge in [0, 0.05) is 0 Å². The molecule has 5 unspecified atom stereocenters. The van der Waals surface area contributed by atoms with E-state index in [9.17, 15) is 30.0 Å². The highest BCUT2D eigenvalue weighted by atomic mass is 16.7. The van der Waals surface area contributed by atoms with Crippen LogP contribution < -0.4 is 0 Å². The molecular weight excluding hydrogens is 572 g/mol. The van der Waals surface area contributed by atoms with Gasteiger partial charge in [0.15, 0.2) is 0 Å². The molecule has 6 aliphatic rings. The molecule has 254 valence electrons. The van der Waals surface area contributed by atoms with Gasteiger partial charge < -0.3 is 29.9 Å². The van der Waals surface area contributed by atoms with Gasteiger partial charge in [0.25, 0.3) is 6.47 Å². The predicted molar refractivity (Wildman–Crippen MR) is 169 cm³/mol. The number of ether oxygens (including phenoxy) is 2. The lowest BCUT2D eigenvalue weighted by Gasteiger charge is -2.71. The van der Waals surface area contributed by atoms with Crippen LogP contribution in [0.4, 0.5) is 0 Å². The Bertz CT molecular complexity index is 1210. The maximum absolute atomic E-state index is 13.0. The van der Waals surface area contributed by atoms with Crippen molar-refractivity contribution in [1.29, 1.82) is 0 Å². The Labute approximate surface area is 269 Å². The molecule has 0 aromatic rings. The van der Waals surface area contributed by atoms with E-state index in [0.29, 0.717) is 30.1 Å². The Hall–Kier alpha value is -1.48. The standard InChI is InChI=1S/C37H58O8/c1-20-10-15-37(32(42)43)17-16-35(6)23(27(37)21(20)2)8-9-26-34(5)13-11-22(33(3,4)25(34)12-14-36(26,35)7)18-24-28(39)29(40)30(41)31(45-24)44-19-38/h8,19-22,24-31,39-41H,9-18H2,1-7H3,(H,42,43)/t20-,21+,22+,24+,25?,26?,27?,28?,29-,30+,31?,34+,35-,36-,37+/m1/s1. The van der Waals surface area contributed by atoms with Crippen LogP contribution in [0.3, 0.4) is 0 Å². The van der Waals surface area contributed by atoms with Gasteiger partial charge in [-0.15, -0.1) is 0 Å². The average Bonchev–Trinajstić information content (AvgIpc) is 2.97. The number of carboxylic acid groups (broad SMARTS) is 1. The zero-order chi connectivity index (χ0) is 32.9. The van der Waals surface area contributed by atoms with Crippen LogP contribution in [-0.4, -0.2) is 63.6 Å². The van der Waals surface area contributed by atoms with Gasteiger partial charge in [-0.3, -0.25) is 9.59 Å². The summed E-state index contributed by atoms with van der Waals surface area (Å²) in [7, 11) is 0. The van der Waals surface area contributed by atoms with Crippen LogP contribution in [0, 0.1) is 62.6 Å². The summed E-state index contributed by atoms with van der Waals surface area (Å²) in [5.41, 5.74) is 0.925. The third-order valence-electron chi connectivity index (χ3n) is 16.0. The molecule has 0 spiro atoms. The minimum Gasteiger partial charge on any atom is -0.481 e. The summed E-state index contributed by atoms with van der Waals surface area (Å²) in [4.78, 5) is 24.0. The van der Waals surface area contributed by atoms with Crippen molar-refractivity contribution in [3.63, 3.8) is 0 Å². The second-order valence-corrected chi connectivity index (χ2v) is 17.6. The predicted octanol–water partition coefficient (Wildman–Crippen LogP) is 5.72. The molecule has 6 rings (SSSR count). The molecule has 4 saturated carbocycles. The molecule has 4 N–H and O–H groups in total. The third-order valence-corrected chi connectivity index (χ3v) is 16.0. The summed E-state index contributed by atoms with van der Waals surface area (Å²) in [5, 5.41) is 42.3. The fraction of sp³-hybridized carbons (Fsp3) is 0.892. The summed E-state index contributed by atoms with van der Waals surface area (Å²) >= 11 is 0. The van der Waals surface area contributed by atoms with Crippen molar-refractivity contribution >= 4 is 12.4 Å². The summed E-state index contributed by atoms with van der Waals surface area (Å²) in [5.74, 6) is 1.57. The highest BCUT2D eigenvalue weighted by Gasteiger charge is 2.69. The van der Waals surface area contributed by atoms with Gasteiger partial charge in [-0.25, -0.2) is 0 Å². The van der Waals surface area contributed by atoms with Crippen molar-refractivity contribution < 1.29 is 39.5 Å². The van der Waals surface area contributed by atoms with E-state index in [-0.39, 0.29) is 40.0 Å². The number of aliphatic hydroxyl groups is 3. The average molecular weight is 631 g/mol. The number of carboxylic acids is 1. The first-order valence-corrected chi connectivity index (χ1v) is 17.7. The maximum atomic E-state index is 13.0. The first-order chi connectivity index (χ1) is 21.0. The van der Waals surface area contributed by atoms with Gasteiger partial charge in [0.1, 0.15) is 18.3 Å². The van der Waals surface area contributed by atoms with Crippen molar-refractivity contribution in [2.75, 3.05) is 0 Å². The van der Waals surface area contributed by atoms with E-state index in [4.69, 9.17) is 9.47 Å². The largest absolute Gasteiger partial charge is 0.481 e. The zero-order valence-electron chi connectivity index (χ0n) is 28.5. The third kappa shape index (κ3) is 4.50. The lowest BCUT2D eigenvalue weighted by Crippen LogP contribution is -2.65. The Morgan fingerprint density at radius 3 is 2.31 bits per heavy atom. The van der Waals surface area contributed by atoms with Crippen LogP contribution in [0.25, 0.3) is 0 Å². The van der Waals surface area contributed by atoms with Crippen molar-refractivity contribution in [3.8, 4) is 0 Å². The number of hydrogen-bond acceptors (Lipinski definition) is 7. The molecule has 0 aromatic carbocycles. The summed E-state index contributed by atoms with van der Waals surface area (Å²) in [6.45, 7) is 17.1. The second kappa shape index (κ2) is 11.0. The minimum absolute atomic E-state index is 0.0234. The molecule has 5 aliphatic carbocycles. The fourth-order valence-corrected chi connectivity index (χ4v) is 12.9. The van der Waals surface area contributed by atoms with Crippen LogP contribution in [0.1, 0.15) is 113 Å². The number of rotatable bonds is 5. The van der Waals surface area contributed by atoms with E-state index in [1.165, 1.54) is 5.57 Å². The van der Waals surface area contributed by atoms with E-state index in [1.807, 2.05) is 0 Å². The van der Waals surface area contributed by atoms with Gasteiger partial charge in [-0.05, 0) is 121 Å². The molecule has 45 heavy (non-hydrogen) atoms. The molecule has 1 aliphatic heterocycles. The highest BCUT2D eigenvalue weighted by Crippen LogP contribution is 2.76. The number of aliphatic carboxylic acids is 1. The molecule has 0 bridgehead atoms. The smallest absolute Gasteiger partial charge is 0.310 e. The molecule has 8 heteroatoms. The normalized spacial score (nSPS) is 53.9. The minimum atomic E-state index is -1.49. The Morgan fingerprint density at radius 2 is 1.64 bits per heavy atom. The number of hydrogen-bond donors (Lipinski definition) is 4. The van der Waals surface area contributed by atoms with E-state index >= 15 is 0 Å². The van der Waals surface area contributed by atoms with E-state index in [1.54, 1.807) is 0 Å². The quantitative estimate of drug-likeness (QED) is 0.224. The van der Waals surface area contributed by atoms with E-state index < -0.39 is 42.1 Å².